The number of carboxylic acid groups (broad SMARTS) is 1. The summed E-state index contributed by atoms with van der Waals surface area (Å²) in [5.74, 6) is -0.427. The summed E-state index contributed by atoms with van der Waals surface area (Å²) in [6.07, 6.45) is -0.406. The smallest absolute Gasteiger partial charge is 0.344 e. The van der Waals surface area contributed by atoms with Crippen LogP contribution in [0.25, 0.3) is 11.3 Å². The van der Waals surface area contributed by atoms with Crippen molar-refractivity contribution in [2.45, 2.75) is 26.4 Å². The van der Waals surface area contributed by atoms with Crippen LogP contribution in [0, 0.1) is 6.92 Å². The molecule has 0 amide bonds. The van der Waals surface area contributed by atoms with Crippen molar-refractivity contribution in [2.75, 3.05) is 5.73 Å². The van der Waals surface area contributed by atoms with Crippen LogP contribution in [-0.2, 0) is 4.79 Å². The first kappa shape index (κ1) is 14.3. The first-order valence-electron chi connectivity index (χ1n) is 6.24. The van der Waals surface area contributed by atoms with Gasteiger partial charge in [0.15, 0.2) is 11.2 Å². The number of nitrogens with two attached hydrogens (primary N) is 1. The second-order valence-electron chi connectivity index (χ2n) is 4.33. The lowest BCUT2D eigenvalue weighted by Crippen LogP contribution is -2.25. The van der Waals surface area contributed by atoms with E-state index in [1.807, 2.05) is 19.1 Å². The average molecular weight is 292 g/mol. The monoisotopic (exact) mass is 292 g/mol. The van der Waals surface area contributed by atoms with Gasteiger partial charge in [0.2, 0.25) is 0 Å². The first-order chi connectivity index (χ1) is 9.51. The van der Waals surface area contributed by atoms with Crippen LogP contribution in [0.4, 0.5) is 5.13 Å². The van der Waals surface area contributed by atoms with E-state index >= 15 is 0 Å². The van der Waals surface area contributed by atoms with E-state index in [1.54, 1.807) is 19.1 Å². The van der Waals surface area contributed by atoms with Crippen LogP contribution in [0.3, 0.4) is 0 Å². The van der Waals surface area contributed by atoms with Crippen molar-refractivity contribution in [2.24, 2.45) is 0 Å². The lowest BCUT2D eigenvalue weighted by atomic mass is 10.1. The highest BCUT2D eigenvalue weighted by Gasteiger charge is 2.16. The van der Waals surface area contributed by atoms with Crippen molar-refractivity contribution in [1.82, 2.24) is 4.98 Å². The van der Waals surface area contributed by atoms with E-state index in [2.05, 4.69) is 4.98 Å². The van der Waals surface area contributed by atoms with E-state index in [9.17, 15) is 4.79 Å². The highest BCUT2D eigenvalue weighted by molar-refractivity contribution is 7.15. The van der Waals surface area contributed by atoms with Crippen LogP contribution in [-0.4, -0.2) is 22.2 Å². The van der Waals surface area contributed by atoms with Gasteiger partial charge in [-0.1, -0.05) is 6.92 Å². The molecule has 1 aromatic carbocycles. The fourth-order valence-corrected chi connectivity index (χ4v) is 2.56. The molecule has 0 radical (unpaired) electrons. The maximum Gasteiger partial charge on any atom is 0.344 e. The quantitative estimate of drug-likeness (QED) is 0.885. The minimum absolute atomic E-state index is 0.415. The number of hydrogen-bond acceptors (Lipinski definition) is 5. The number of ether oxygens (including phenoxy) is 1. The van der Waals surface area contributed by atoms with Crippen molar-refractivity contribution in [3.05, 3.63) is 29.1 Å². The van der Waals surface area contributed by atoms with Gasteiger partial charge in [0, 0.05) is 10.4 Å². The van der Waals surface area contributed by atoms with Crippen LogP contribution < -0.4 is 10.5 Å². The third kappa shape index (κ3) is 3.08. The van der Waals surface area contributed by atoms with E-state index < -0.39 is 12.1 Å². The van der Waals surface area contributed by atoms with E-state index in [0.717, 1.165) is 16.1 Å². The van der Waals surface area contributed by atoms with Gasteiger partial charge in [-0.15, -0.1) is 11.3 Å². The van der Waals surface area contributed by atoms with Gasteiger partial charge < -0.3 is 15.6 Å². The number of hydrogen-bond donors (Lipinski definition) is 2. The maximum atomic E-state index is 10.9. The standard InChI is InChI=1S/C14H16N2O3S/c1-3-11(13(17)18)19-10-6-4-9(5-7-10)12-8(2)20-14(15)16-12/h4-7,11H,3H2,1-2H3,(H2,15,16)(H,17,18). The molecule has 2 aromatic rings. The van der Waals surface area contributed by atoms with Crippen LogP contribution >= 0.6 is 11.3 Å². The number of nitrogen functional groups attached to an aromatic ring is 1. The summed E-state index contributed by atoms with van der Waals surface area (Å²) < 4.78 is 5.41. The Balaban J connectivity index is 2.18. The topological polar surface area (TPSA) is 85.4 Å². The van der Waals surface area contributed by atoms with Crippen molar-refractivity contribution >= 4 is 22.4 Å². The molecule has 5 nitrogen and oxygen atoms in total. The van der Waals surface area contributed by atoms with Crippen LogP contribution in [0.2, 0.25) is 0 Å². The molecule has 3 N–H and O–H groups in total. The molecule has 1 unspecified atom stereocenters. The van der Waals surface area contributed by atoms with Crippen molar-refractivity contribution in [3.8, 4) is 17.0 Å². The van der Waals surface area contributed by atoms with Crippen LogP contribution in [0.5, 0.6) is 5.75 Å². The number of nitrogens with zero attached hydrogens (tertiary/aromatic N) is 1. The minimum Gasteiger partial charge on any atom is -0.479 e. The van der Waals surface area contributed by atoms with Crippen LogP contribution in [0.15, 0.2) is 24.3 Å². The van der Waals surface area contributed by atoms with Crippen molar-refractivity contribution in [1.29, 1.82) is 0 Å². The van der Waals surface area contributed by atoms with Gasteiger partial charge in [0.05, 0.1) is 5.69 Å². The second kappa shape index (κ2) is 5.92. The Morgan fingerprint density at radius 3 is 2.55 bits per heavy atom. The molecule has 0 saturated heterocycles. The Kier molecular flexibility index (Phi) is 4.24. The number of aryl methyl sites for hydroxylation is 1. The molecular weight excluding hydrogens is 276 g/mol. The number of aliphatic carboxylic acids is 1. The van der Waals surface area contributed by atoms with Crippen molar-refractivity contribution in [3.63, 3.8) is 0 Å². The molecule has 1 heterocycles. The Bertz CT molecular complexity index is 607. The molecule has 0 saturated carbocycles. The zero-order valence-corrected chi connectivity index (χ0v) is 12.1. The average Bonchev–Trinajstić information content (AvgIpc) is 2.75. The molecule has 0 fully saturated rings. The van der Waals surface area contributed by atoms with E-state index in [0.29, 0.717) is 17.3 Å². The Morgan fingerprint density at radius 2 is 2.10 bits per heavy atom. The first-order valence-corrected chi connectivity index (χ1v) is 7.05. The number of thiazole rings is 1. The van der Waals surface area contributed by atoms with Gasteiger partial charge in [0.1, 0.15) is 5.75 Å². The number of benzene rings is 1. The molecule has 1 atom stereocenters. The molecule has 106 valence electrons. The predicted molar refractivity (Wildman–Crippen MR) is 79.0 cm³/mol. The maximum absolute atomic E-state index is 10.9. The Labute approximate surface area is 121 Å². The molecule has 2 rings (SSSR count). The minimum atomic E-state index is -0.959. The second-order valence-corrected chi connectivity index (χ2v) is 5.57. The van der Waals surface area contributed by atoms with Gasteiger partial charge in [0.25, 0.3) is 0 Å². The van der Waals surface area contributed by atoms with Gasteiger partial charge in [-0.25, -0.2) is 9.78 Å². The zero-order chi connectivity index (χ0) is 14.7. The SMILES string of the molecule is CCC(Oc1ccc(-c2nc(N)sc2C)cc1)C(=O)O. The molecule has 20 heavy (non-hydrogen) atoms. The van der Waals surface area contributed by atoms with E-state index in [-0.39, 0.29) is 0 Å². The molecule has 0 aliphatic carbocycles. The van der Waals surface area contributed by atoms with Crippen LogP contribution in [0.1, 0.15) is 18.2 Å². The summed E-state index contributed by atoms with van der Waals surface area (Å²) in [6.45, 7) is 3.74. The predicted octanol–water partition coefficient (Wildman–Crippen LogP) is 2.94. The lowest BCUT2D eigenvalue weighted by molar-refractivity contribution is -0.145. The third-order valence-electron chi connectivity index (χ3n) is 2.87. The third-order valence-corrected chi connectivity index (χ3v) is 3.67. The summed E-state index contributed by atoms with van der Waals surface area (Å²) in [5.41, 5.74) is 7.47. The number of rotatable bonds is 5. The molecule has 0 aliphatic heterocycles. The fraction of sp³-hybridized carbons (Fsp3) is 0.286. The molecule has 1 aromatic heterocycles. The van der Waals surface area contributed by atoms with Gasteiger partial charge >= 0.3 is 5.97 Å². The molecule has 0 bridgehead atoms. The number of aromatic nitrogens is 1. The number of carbonyl (C=O) groups is 1. The fourth-order valence-electron chi connectivity index (χ4n) is 1.85. The number of carboxylic acids is 1. The molecule has 6 heteroatoms. The normalized spacial score (nSPS) is 12.1. The summed E-state index contributed by atoms with van der Waals surface area (Å²) in [4.78, 5) is 16.2. The van der Waals surface area contributed by atoms with Gasteiger partial charge in [-0.3, -0.25) is 0 Å². The molecule has 0 spiro atoms. The van der Waals surface area contributed by atoms with Gasteiger partial charge in [-0.05, 0) is 37.6 Å². The van der Waals surface area contributed by atoms with E-state index in [1.165, 1.54) is 11.3 Å². The molecular formula is C14H16N2O3S. The summed E-state index contributed by atoms with van der Waals surface area (Å²) in [6, 6.07) is 7.20. The lowest BCUT2D eigenvalue weighted by Gasteiger charge is -2.13. The molecule has 0 aliphatic rings. The number of anilines is 1. The summed E-state index contributed by atoms with van der Waals surface area (Å²) >= 11 is 1.44. The van der Waals surface area contributed by atoms with Gasteiger partial charge in [-0.2, -0.15) is 0 Å². The largest absolute Gasteiger partial charge is 0.479 e. The highest BCUT2D eigenvalue weighted by atomic mass is 32.1. The Hall–Kier alpha value is -2.08. The summed E-state index contributed by atoms with van der Waals surface area (Å²) in [7, 11) is 0. The highest BCUT2D eigenvalue weighted by Crippen LogP contribution is 2.30. The van der Waals surface area contributed by atoms with E-state index in [4.69, 9.17) is 15.6 Å². The van der Waals surface area contributed by atoms with Crippen molar-refractivity contribution < 1.29 is 14.6 Å². The zero-order valence-electron chi connectivity index (χ0n) is 11.3. The Morgan fingerprint density at radius 1 is 1.45 bits per heavy atom. The summed E-state index contributed by atoms with van der Waals surface area (Å²) in [5, 5.41) is 9.50.